The SMILES string of the molecule is Cc1ccc2c(C=O)cn(S(=O)(=O)c3ccc(Cl)c([N+](=O)[O-])c3)c2c1. The molecule has 0 saturated carbocycles. The Kier molecular flexibility index (Phi) is 4.09. The molecule has 1 heterocycles. The fourth-order valence-corrected chi connectivity index (χ4v) is 4.11. The van der Waals surface area contributed by atoms with Crippen LogP contribution in [0.4, 0.5) is 5.69 Å². The number of hydrogen-bond acceptors (Lipinski definition) is 5. The third-order valence-corrected chi connectivity index (χ3v) is 5.75. The van der Waals surface area contributed by atoms with E-state index < -0.39 is 20.6 Å². The highest BCUT2D eigenvalue weighted by Crippen LogP contribution is 2.30. The van der Waals surface area contributed by atoms with Gasteiger partial charge in [-0.2, -0.15) is 0 Å². The zero-order valence-electron chi connectivity index (χ0n) is 12.8. The van der Waals surface area contributed by atoms with E-state index in [9.17, 15) is 23.3 Å². The van der Waals surface area contributed by atoms with Gasteiger partial charge in [-0.25, -0.2) is 12.4 Å². The van der Waals surface area contributed by atoms with E-state index in [0.29, 0.717) is 17.2 Å². The van der Waals surface area contributed by atoms with Gasteiger partial charge >= 0.3 is 0 Å². The van der Waals surface area contributed by atoms with Crippen LogP contribution in [0, 0.1) is 17.0 Å². The van der Waals surface area contributed by atoms with Crippen LogP contribution in [-0.2, 0) is 10.0 Å². The second kappa shape index (κ2) is 5.98. The molecule has 9 heteroatoms. The summed E-state index contributed by atoms with van der Waals surface area (Å²) in [4.78, 5) is 21.2. The average Bonchev–Trinajstić information content (AvgIpc) is 2.93. The Bertz CT molecular complexity index is 1130. The van der Waals surface area contributed by atoms with E-state index in [-0.39, 0.29) is 15.5 Å². The highest BCUT2D eigenvalue weighted by Gasteiger charge is 2.24. The van der Waals surface area contributed by atoms with Crippen molar-refractivity contribution in [3.63, 3.8) is 0 Å². The molecule has 25 heavy (non-hydrogen) atoms. The van der Waals surface area contributed by atoms with Crippen LogP contribution in [0.15, 0.2) is 47.5 Å². The lowest BCUT2D eigenvalue weighted by Crippen LogP contribution is -2.12. The van der Waals surface area contributed by atoms with Crippen molar-refractivity contribution in [2.45, 2.75) is 11.8 Å². The van der Waals surface area contributed by atoms with Crippen molar-refractivity contribution in [2.75, 3.05) is 0 Å². The number of nitrogens with zero attached hydrogens (tertiary/aromatic N) is 2. The maximum atomic E-state index is 13.0. The molecule has 128 valence electrons. The van der Waals surface area contributed by atoms with Gasteiger partial charge < -0.3 is 0 Å². The van der Waals surface area contributed by atoms with Crippen molar-refractivity contribution >= 4 is 44.5 Å². The summed E-state index contributed by atoms with van der Waals surface area (Å²) in [7, 11) is -4.15. The van der Waals surface area contributed by atoms with Crippen molar-refractivity contribution in [3.05, 3.63) is 68.9 Å². The van der Waals surface area contributed by atoms with Crippen LogP contribution in [0.3, 0.4) is 0 Å². The number of nitro groups is 1. The molecular weight excluding hydrogens is 368 g/mol. The molecule has 3 rings (SSSR count). The van der Waals surface area contributed by atoms with E-state index >= 15 is 0 Å². The fourth-order valence-electron chi connectivity index (χ4n) is 2.53. The first-order valence-electron chi connectivity index (χ1n) is 7.02. The number of nitro benzene ring substituents is 1. The van der Waals surface area contributed by atoms with Crippen LogP contribution < -0.4 is 0 Å². The van der Waals surface area contributed by atoms with Crippen LogP contribution >= 0.6 is 11.6 Å². The zero-order chi connectivity index (χ0) is 18.4. The van der Waals surface area contributed by atoms with Gasteiger partial charge in [0.05, 0.1) is 15.3 Å². The van der Waals surface area contributed by atoms with Gasteiger partial charge in [0, 0.05) is 23.2 Å². The summed E-state index contributed by atoms with van der Waals surface area (Å²) in [5, 5.41) is 11.3. The molecule has 0 spiro atoms. The van der Waals surface area contributed by atoms with Gasteiger partial charge in [-0.1, -0.05) is 23.7 Å². The van der Waals surface area contributed by atoms with E-state index in [1.54, 1.807) is 25.1 Å². The molecule has 0 fully saturated rings. The molecule has 0 unspecified atom stereocenters. The summed E-state index contributed by atoms with van der Waals surface area (Å²) in [5.74, 6) is 0. The summed E-state index contributed by atoms with van der Waals surface area (Å²) in [5.41, 5.74) is 0.828. The normalized spacial score (nSPS) is 11.6. The minimum Gasteiger partial charge on any atom is -0.298 e. The molecule has 0 saturated heterocycles. The van der Waals surface area contributed by atoms with Gasteiger partial charge in [-0.3, -0.25) is 14.9 Å². The van der Waals surface area contributed by atoms with E-state index in [4.69, 9.17) is 11.6 Å². The van der Waals surface area contributed by atoms with Crippen molar-refractivity contribution < 1.29 is 18.1 Å². The van der Waals surface area contributed by atoms with Gasteiger partial charge in [-0.05, 0) is 30.7 Å². The molecule has 1 aromatic heterocycles. The highest BCUT2D eigenvalue weighted by molar-refractivity contribution is 7.90. The maximum Gasteiger partial charge on any atom is 0.289 e. The first-order valence-corrected chi connectivity index (χ1v) is 8.84. The smallest absolute Gasteiger partial charge is 0.289 e. The Hall–Kier alpha value is -2.71. The molecule has 0 atom stereocenters. The second-order valence-electron chi connectivity index (χ2n) is 5.39. The zero-order valence-corrected chi connectivity index (χ0v) is 14.4. The van der Waals surface area contributed by atoms with Gasteiger partial charge in [0.2, 0.25) is 0 Å². The molecule has 0 N–H and O–H groups in total. The maximum absolute atomic E-state index is 13.0. The molecule has 0 amide bonds. The number of halogens is 1. The highest BCUT2D eigenvalue weighted by atomic mass is 35.5. The number of hydrogen-bond donors (Lipinski definition) is 0. The van der Waals surface area contributed by atoms with Crippen LogP contribution in [0.5, 0.6) is 0 Å². The first-order chi connectivity index (χ1) is 11.8. The Morgan fingerprint density at radius 3 is 2.56 bits per heavy atom. The quantitative estimate of drug-likeness (QED) is 0.392. The third-order valence-electron chi connectivity index (χ3n) is 3.76. The number of carbonyl (C=O) groups excluding carboxylic acids is 1. The van der Waals surface area contributed by atoms with Crippen molar-refractivity contribution in [2.24, 2.45) is 0 Å². The number of fused-ring (bicyclic) bond motifs is 1. The summed E-state index contributed by atoms with van der Waals surface area (Å²) in [6.07, 6.45) is 1.76. The average molecular weight is 379 g/mol. The third kappa shape index (κ3) is 2.79. The van der Waals surface area contributed by atoms with Crippen molar-refractivity contribution in [1.82, 2.24) is 3.97 Å². The van der Waals surface area contributed by atoms with E-state index in [0.717, 1.165) is 21.7 Å². The summed E-state index contributed by atoms with van der Waals surface area (Å²) in [6, 6.07) is 8.30. The number of aldehydes is 1. The summed E-state index contributed by atoms with van der Waals surface area (Å²) < 4.78 is 26.9. The standard InChI is InChI=1S/C16H11ClN2O5S/c1-10-2-4-13-11(9-20)8-18(15(13)6-10)25(23,24)12-3-5-14(17)16(7-12)19(21)22/h2-9H,1H3. The molecule has 3 aromatic rings. The van der Waals surface area contributed by atoms with Crippen LogP contribution in [0.25, 0.3) is 10.9 Å². The molecule has 2 aromatic carbocycles. The fraction of sp³-hybridized carbons (Fsp3) is 0.0625. The Balaban J connectivity index is 2.30. The number of aryl methyl sites for hydroxylation is 1. The van der Waals surface area contributed by atoms with Crippen molar-refractivity contribution in [1.29, 1.82) is 0 Å². The van der Waals surface area contributed by atoms with Gasteiger partial charge in [0.25, 0.3) is 15.7 Å². The lowest BCUT2D eigenvalue weighted by Gasteiger charge is -2.08. The first kappa shape index (κ1) is 17.1. The predicted molar refractivity (Wildman–Crippen MR) is 92.8 cm³/mol. The molecule has 0 radical (unpaired) electrons. The molecule has 0 bridgehead atoms. The summed E-state index contributed by atoms with van der Waals surface area (Å²) in [6.45, 7) is 1.79. The number of benzene rings is 2. The molecule has 0 aliphatic heterocycles. The van der Waals surface area contributed by atoms with Crippen molar-refractivity contribution in [3.8, 4) is 0 Å². The van der Waals surface area contributed by atoms with Crippen LogP contribution in [0.1, 0.15) is 15.9 Å². The van der Waals surface area contributed by atoms with E-state index in [2.05, 4.69) is 0 Å². The van der Waals surface area contributed by atoms with Gasteiger partial charge in [0.1, 0.15) is 5.02 Å². The Morgan fingerprint density at radius 1 is 1.20 bits per heavy atom. The topological polar surface area (TPSA) is 99.3 Å². The number of carbonyl (C=O) groups is 1. The number of aromatic nitrogens is 1. The Labute approximate surface area is 147 Å². The minimum atomic E-state index is -4.15. The van der Waals surface area contributed by atoms with Crippen LogP contribution in [-0.4, -0.2) is 23.6 Å². The molecule has 7 nitrogen and oxygen atoms in total. The van der Waals surface area contributed by atoms with Gasteiger partial charge in [-0.15, -0.1) is 0 Å². The molecular formula is C16H11ClN2O5S. The second-order valence-corrected chi connectivity index (χ2v) is 7.62. The predicted octanol–water partition coefficient (Wildman–Crippen LogP) is 3.56. The number of rotatable bonds is 4. The van der Waals surface area contributed by atoms with Gasteiger partial charge in [0.15, 0.2) is 6.29 Å². The lowest BCUT2D eigenvalue weighted by molar-refractivity contribution is -0.384. The lowest BCUT2D eigenvalue weighted by atomic mass is 10.1. The van der Waals surface area contributed by atoms with E-state index in [1.165, 1.54) is 12.3 Å². The monoisotopic (exact) mass is 378 g/mol. The Morgan fingerprint density at radius 2 is 1.92 bits per heavy atom. The summed E-state index contributed by atoms with van der Waals surface area (Å²) >= 11 is 5.74. The van der Waals surface area contributed by atoms with Crippen LogP contribution in [0.2, 0.25) is 5.02 Å². The van der Waals surface area contributed by atoms with E-state index in [1.807, 2.05) is 0 Å². The molecule has 0 aliphatic rings. The minimum absolute atomic E-state index is 0.161. The largest absolute Gasteiger partial charge is 0.298 e. The molecule has 0 aliphatic carbocycles.